The van der Waals surface area contributed by atoms with Gasteiger partial charge < -0.3 is 14.5 Å². The van der Waals surface area contributed by atoms with E-state index in [0.29, 0.717) is 0 Å². The van der Waals surface area contributed by atoms with Crippen molar-refractivity contribution in [3.8, 4) is 0 Å². The minimum atomic E-state index is -5.39. The summed E-state index contributed by atoms with van der Waals surface area (Å²) < 4.78 is 18.8. The molecule has 1 atom stereocenters. The van der Waals surface area contributed by atoms with Crippen LogP contribution in [0.4, 0.5) is 4.20 Å². The fourth-order valence-electron chi connectivity index (χ4n) is 0. The number of rotatable bonds is 0. The Kier molecular flexibility index (Phi) is 27.0. The fourth-order valence-corrected chi connectivity index (χ4v) is 0. The molecule has 3 nitrogen and oxygen atoms in total. The van der Waals surface area contributed by atoms with E-state index in [1.165, 1.54) is 0 Å². The van der Waals surface area contributed by atoms with Gasteiger partial charge in [0, 0.05) is 0 Å². The van der Waals surface area contributed by atoms with Gasteiger partial charge >= 0.3 is 88.8 Å². The summed E-state index contributed by atoms with van der Waals surface area (Å²) in [7, 11) is -5.39. The maximum atomic E-state index is 10.2. The molecule has 0 radical (unpaired) electrons. The molecule has 40 valence electrons. The molecule has 0 bridgehead atoms. The molecule has 1 unspecified atom stereocenters. The van der Waals surface area contributed by atoms with Crippen molar-refractivity contribution in [2.75, 3.05) is 0 Å². The Morgan fingerprint density at radius 2 is 1.62 bits per heavy atom. The van der Waals surface area contributed by atoms with Crippen LogP contribution in [-0.2, 0) is 4.57 Å². The van der Waals surface area contributed by atoms with Gasteiger partial charge in [0.15, 0.2) is 0 Å². The van der Waals surface area contributed by atoms with Crippen molar-refractivity contribution < 1.29 is 104 Å². The second-order valence-corrected chi connectivity index (χ2v) is 1.35. The van der Waals surface area contributed by atoms with Gasteiger partial charge in [-0.1, -0.05) is 0 Å². The standard InChI is InChI=1S/FH2O3P.FH.K.Na/c1-5(2,3)4;;;/h(H2,2,3,4);1H;;/q;;2*+1/p-2. The minimum Gasteiger partial charge on any atom is -1.00 e. The van der Waals surface area contributed by atoms with Gasteiger partial charge in [0.05, 0.1) is 0 Å². The van der Waals surface area contributed by atoms with Crippen LogP contribution in [0.1, 0.15) is 0 Å². The van der Waals surface area contributed by atoms with E-state index in [1.54, 1.807) is 0 Å². The molecular weight excluding hydrogens is 179 g/mol. The first-order chi connectivity index (χ1) is 2.00. The zero-order valence-corrected chi connectivity index (χ0v) is 10.5. The fraction of sp³-hybridized carbons (Fsp3) is 0. The Labute approximate surface area is 110 Å². The summed E-state index contributed by atoms with van der Waals surface area (Å²) in [5.41, 5.74) is 0. The predicted molar refractivity (Wildman–Crippen MR) is 10.9 cm³/mol. The Morgan fingerprint density at radius 3 is 1.62 bits per heavy atom. The van der Waals surface area contributed by atoms with Crippen molar-refractivity contribution in [3.05, 3.63) is 0 Å². The van der Waals surface area contributed by atoms with Crippen LogP contribution in [0.5, 0.6) is 0 Å². The number of hydrogen-bond donors (Lipinski definition) is 1. The topological polar surface area (TPSA) is 60.4 Å². The molecule has 0 aliphatic carbocycles. The van der Waals surface area contributed by atoms with Crippen LogP contribution in [0, 0.1) is 0 Å². The summed E-state index contributed by atoms with van der Waals surface area (Å²) in [6, 6.07) is 0. The quantitative estimate of drug-likeness (QED) is 0.297. The molecule has 0 aromatic rings. The molecule has 0 aliphatic heterocycles. The molecule has 8 heteroatoms. The van der Waals surface area contributed by atoms with E-state index in [2.05, 4.69) is 0 Å². The van der Waals surface area contributed by atoms with Gasteiger partial charge in [-0.2, -0.15) is 4.20 Å². The molecule has 1 N–H and O–H groups in total. The van der Waals surface area contributed by atoms with Gasteiger partial charge in [-0.25, -0.2) is 0 Å². The van der Waals surface area contributed by atoms with Crippen LogP contribution in [0.2, 0.25) is 0 Å². The average molecular weight is 180 g/mol. The molecule has 0 aromatic carbocycles. The second-order valence-electron chi connectivity index (χ2n) is 0.451. The summed E-state index contributed by atoms with van der Waals surface area (Å²) in [5.74, 6) is 0. The van der Waals surface area contributed by atoms with Gasteiger partial charge in [-0.15, -0.1) is 0 Å². The van der Waals surface area contributed by atoms with Crippen LogP contribution < -0.4 is 90.5 Å². The molecule has 0 aliphatic rings. The largest absolute Gasteiger partial charge is 1.00 e. The molecule has 0 aromatic heterocycles. The average Bonchev–Trinajstić information content (AvgIpc) is 0.722. The maximum Gasteiger partial charge on any atom is 1.00 e. The molecule has 0 heterocycles. The Bertz CT molecular complexity index is 63.4. The third-order valence-electron chi connectivity index (χ3n) is 0. The summed E-state index contributed by atoms with van der Waals surface area (Å²) in [5, 5.41) is 0. The molecule has 0 rings (SSSR count). The van der Waals surface area contributed by atoms with E-state index in [9.17, 15) is 4.20 Å². The Hall–Kier alpha value is 2.65. The van der Waals surface area contributed by atoms with Crippen LogP contribution in [0.15, 0.2) is 0 Å². The third kappa shape index (κ3) is 72.2. The zero-order chi connectivity index (χ0) is 4.50. The smallest absolute Gasteiger partial charge is 1.00 e. The molecule has 0 spiro atoms. The Balaban J connectivity index is -0.0000000267. The monoisotopic (exact) mass is 180 g/mol. The van der Waals surface area contributed by atoms with Gasteiger partial charge in [0.25, 0.3) is 0 Å². The first-order valence-corrected chi connectivity index (χ1v) is 2.20. The van der Waals surface area contributed by atoms with E-state index < -0.39 is 7.91 Å². The molecule has 0 amide bonds. The summed E-state index contributed by atoms with van der Waals surface area (Å²) >= 11 is 0. The SMILES string of the molecule is O=P([O-])(O)F.[F-].[K+].[Na+]. The second kappa shape index (κ2) is 9.65. The first-order valence-electron chi connectivity index (χ1n) is 0.734. The van der Waals surface area contributed by atoms with Crippen LogP contribution in [-0.4, -0.2) is 4.89 Å². The third-order valence-corrected chi connectivity index (χ3v) is 0. The van der Waals surface area contributed by atoms with Crippen molar-refractivity contribution in [3.63, 3.8) is 0 Å². The van der Waals surface area contributed by atoms with E-state index >= 15 is 0 Å². The molecular formula is HF2KNaO3P. The van der Waals surface area contributed by atoms with E-state index in [-0.39, 0.29) is 85.6 Å². The van der Waals surface area contributed by atoms with Crippen LogP contribution in [0.25, 0.3) is 0 Å². The van der Waals surface area contributed by atoms with Crippen molar-refractivity contribution in [1.29, 1.82) is 0 Å². The van der Waals surface area contributed by atoms with E-state index in [1.807, 2.05) is 0 Å². The Morgan fingerprint density at radius 1 is 1.62 bits per heavy atom. The van der Waals surface area contributed by atoms with Gasteiger partial charge in [0.1, 0.15) is 0 Å². The van der Waals surface area contributed by atoms with Gasteiger partial charge in [-0.3, -0.25) is 4.57 Å². The van der Waals surface area contributed by atoms with Crippen LogP contribution >= 0.6 is 7.91 Å². The van der Waals surface area contributed by atoms with Gasteiger partial charge in [0.2, 0.25) is 0 Å². The van der Waals surface area contributed by atoms with Crippen molar-refractivity contribution in [2.45, 2.75) is 0 Å². The zero-order valence-electron chi connectivity index (χ0n) is 4.47. The van der Waals surface area contributed by atoms with Crippen LogP contribution in [0.3, 0.4) is 0 Å². The summed E-state index contributed by atoms with van der Waals surface area (Å²) in [6.45, 7) is 0. The maximum absolute atomic E-state index is 10.2. The number of halogens is 2. The number of hydrogen-bond acceptors (Lipinski definition) is 2. The molecule has 8 heavy (non-hydrogen) atoms. The summed E-state index contributed by atoms with van der Waals surface area (Å²) in [4.78, 5) is 15.4. The van der Waals surface area contributed by atoms with Crippen molar-refractivity contribution >= 4 is 7.91 Å². The normalized spacial score (nSPS) is 13.4. The predicted octanol–water partition coefficient (Wildman–Crippen LogP) is -9.57. The van der Waals surface area contributed by atoms with Crippen molar-refractivity contribution in [2.24, 2.45) is 0 Å². The summed E-state index contributed by atoms with van der Waals surface area (Å²) in [6.07, 6.45) is 0. The molecule has 0 fully saturated rings. The minimum absolute atomic E-state index is 0. The van der Waals surface area contributed by atoms with Crippen molar-refractivity contribution in [1.82, 2.24) is 0 Å². The van der Waals surface area contributed by atoms with Gasteiger partial charge in [-0.05, 0) is 0 Å². The van der Waals surface area contributed by atoms with E-state index in [4.69, 9.17) is 14.4 Å². The molecule has 0 saturated heterocycles. The van der Waals surface area contributed by atoms with E-state index in [0.717, 1.165) is 0 Å². The molecule has 0 saturated carbocycles. The first kappa shape index (κ1) is 22.4.